The third-order valence-electron chi connectivity index (χ3n) is 5.22. The Labute approximate surface area is 160 Å². The van der Waals surface area contributed by atoms with Gasteiger partial charge in [0, 0.05) is 19.7 Å². The molecule has 1 N–H and O–H groups in total. The Morgan fingerprint density at radius 1 is 1.04 bits per heavy atom. The molecule has 0 bridgehead atoms. The molecule has 3 aromatic rings. The van der Waals surface area contributed by atoms with Crippen molar-refractivity contribution in [3.8, 4) is 0 Å². The molecule has 7 nitrogen and oxygen atoms in total. The largest absolute Gasteiger partial charge is 0.330 e. The van der Waals surface area contributed by atoms with Crippen LogP contribution < -0.4 is 16.0 Å². The smallest absolute Gasteiger partial charge is 0.296 e. The molecular formula is C19H18FN3O4S. The van der Waals surface area contributed by atoms with E-state index in [1.165, 1.54) is 42.9 Å². The molecule has 0 unspecified atom stereocenters. The monoisotopic (exact) mass is 403 g/mol. The van der Waals surface area contributed by atoms with Gasteiger partial charge in [0.05, 0.1) is 21.3 Å². The van der Waals surface area contributed by atoms with Crippen LogP contribution in [0, 0.1) is 5.82 Å². The second-order valence-corrected chi connectivity index (χ2v) is 8.73. The first-order valence-corrected chi connectivity index (χ1v) is 10.1. The zero-order chi connectivity index (χ0) is 20.3. The van der Waals surface area contributed by atoms with Gasteiger partial charge in [-0.3, -0.25) is 13.9 Å². The fourth-order valence-electron chi connectivity index (χ4n) is 3.46. The first-order chi connectivity index (χ1) is 13.2. The van der Waals surface area contributed by atoms with Crippen LogP contribution in [0.2, 0.25) is 0 Å². The molecule has 1 heterocycles. The number of hydrogen-bond donors (Lipinski definition) is 1. The van der Waals surface area contributed by atoms with Crippen LogP contribution in [0.4, 0.5) is 4.39 Å². The van der Waals surface area contributed by atoms with Gasteiger partial charge in [-0.2, -0.15) is 0 Å². The fraction of sp³-hybridized carbons (Fsp3) is 0.263. The van der Waals surface area contributed by atoms with E-state index < -0.39 is 32.6 Å². The summed E-state index contributed by atoms with van der Waals surface area (Å²) in [6, 6.07) is 10.1. The summed E-state index contributed by atoms with van der Waals surface area (Å²) in [5.74, 6) is -0.468. The van der Waals surface area contributed by atoms with Crippen LogP contribution in [-0.4, -0.2) is 17.6 Å². The molecule has 4 rings (SSSR count). The van der Waals surface area contributed by atoms with Gasteiger partial charge in [-0.05, 0) is 37.1 Å². The summed E-state index contributed by atoms with van der Waals surface area (Å²) in [4.78, 5) is 24.3. The van der Waals surface area contributed by atoms with Crippen molar-refractivity contribution in [2.45, 2.75) is 23.3 Å². The SMILES string of the molecule is Cn1c(=O)c2cc(S(=O)(=O)NC3(c4ccccc4F)CC3)ccc2n(C)c1=O. The number of nitrogens with zero attached hydrogens (tertiary/aromatic N) is 2. The van der Waals surface area contributed by atoms with E-state index in [1.54, 1.807) is 18.2 Å². The number of aryl methyl sites for hydroxylation is 1. The van der Waals surface area contributed by atoms with Crippen LogP contribution in [-0.2, 0) is 29.7 Å². The Morgan fingerprint density at radius 2 is 1.71 bits per heavy atom. The average Bonchev–Trinajstić information content (AvgIpc) is 3.44. The summed E-state index contributed by atoms with van der Waals surface area (Å²) >= 11 is 0. The molecule has 9 heteroatoms. The number of sulfonamides is 1. The molecule has 1 aromatic heterocycles. The predicted molar refractivity (Wildman–Crippen MR) is 102 cm³/mol. The van der Waals surface area contributed by atoms with E-state index in [2.05, 4.69) is 4.72 Å². The van der Waals surface area contributed by atoms with Gasteiger partial charge in [-0.25, -0.2) is 22.3 Å². The van der Waals surface area contributed by atoms with Gasteiger partial charge in [-0.1, -0.05) is 18.2 Å². The molecule has 2 aromatic carbocycles. The minimum Gasteiger partial charge on any atom is -0.296 e. The molecule has 1 aliphatic carbocycles. The normalized spacial score (nSPS) is 15.7. The lowest BCUT2D eigenvalue weighted by molar-refractivity contribution is 0.528. The van der Waals surface area contributed by atoms with E-state index >= 15 is 0 Å². The molecular weight excluding hydrogens is 385 g/mol. The predicted octanol–water partition coefficient (Wildman–Crippen LogP) is 1.34. The summed E-state index contributed by atoms with van der Waals surface area (Å²) in [6.07, 6.45) is 0.966. The maximum absolute atomic E-state index is 14.2. The summed E-state index contributed by atoms with van der Waals surface area (Å²) in [7, 11) is -1.17. The Hall–Kier alpha value is -2.78. The number of fused-ring (bicyclic) bond motifs is 1. The fourth-order valence-corrected chi connectivity index (χ4v) is 4.93. The van der Waals surface area contributed by atoms with Crippen molar-refractivity contribution in [3.05, 3.63) is 74.7 Å². The van der Waals surface area contributed by atoms with E-state index in [0.717, 1.165) is 4.57 Å². The first-order valence-electron chi connectivity index (χ1n) is 8.65. The van der Waals surface area contributed by atoms with Gasteiger partial charge in [0.1, 0.15) is 5.82 Å². The van der Waals surface area contributed by atoms with Gasteiger partial charge in [-0.15, -0.1) is 0 Å². The van der Waals surface area contributed by atoms with E-state index in [1.807, 2.05) is 0 Å². The molecule has 0 saturated heterocycles. The Kier molecular flexibility index (Phi) is 4.06. The molecule has 1 fully saturated rings. The lowest BCUT2D eigenvalue weighted by atomic mass is 10.1. The van der Waals surface area contributed by atoms with E-state index in [-0.39, 0.29) is 10.3 Å². The van der Waals surface area contributed by atoms with Crippen molar-refractivity contribution in [1.29, 1.82) is 0 Å². The highest BCUT2D eigenvalue weighted by molar-refractivity contribution is 7.89. The Bertz CT molecular complexity index is 1340. The first kappa shape index (κ1) is 18.6. The van der Waals surface area contributed by atoms with E-state index in [9.17, 15) is 22.4 Å². The molecule has 1 saturated carbocycles. The van der Waals surface area contributed by atoms with Crippen molar-refractivity contribution in [2.24, 2.45) is 14.1 Å². The molecule has 146 valence electrons. The Morgan fingerprint density at radius 3 is 2.36 bits per heavy atom. The van der Waals surface area contributed by atoms with Crippen molar-refractivity contribution < 1.29 is 12.8 Å². The summed E-state index contributed by atoms with van der Waals surface area (Å²) in [6.45, 7) is 0. The van der Waals surface area contributed by atoms with Gasteiger partial charge < -0.3 is 0 Å². The average molecular weight is 403 g/mol. The summed E-state index contributed by atoms with van der Waals surface area (Å²) in [5, 5.41) is 0.114. The minimum absolute atomic E-state index is 0.113. The molecule has 0 atom stereocenters. The number of benzene rings is 2. The van der Waals surface area contributed by atoms with Gasteiger partial charge in [0.25, 0.3) is 5.56 Å². The standard InChI is InChI=1S/C19H18FN3O4S/c1-22-16-8-7-12(11-13(16)17(24)23(2)18(22)25)28(26,27)21-19(9-10-19)14-5-3-4-6-15(14)20/h3-8,11,21H,9-10H2,1-2H3. The molecule has 1 aliphatic rings. The third kappa shape index (κ3) is 2.78. The second kappa shape index (κ2) is 6.11. The van der Waals surface area contributed by atoms with Crippen LogP contribution in [0.25, 0.3) is 10.9 Å². The lowest BCUT2D eigenvalue weighted by Crippen LogP contribution is -2.37. The number of nitrogens with one attached hydrogen (secondary N) is 1. The highest BCUT2D eigenvalue weighted by Crippen LogP contribution is 2.47. The van der Waals surface area contributed by atoms with E-state index in [4.69, 9.17) is 0 Å². The third-order valence-corrected chi connectivity index (χ3v) is 6.75. The number of rotatable bonds is 4. The highest BCUT2D eigenvalue weighted by Gasteiger charge is 2.49. The quantitative estimate of drug-likeness (QED) is 0.712. The van der Waals surface area contributed by atoms with Crippen LogP contribution in [0.1, 0.15) is 18.4 Å². The van der Waals surface area contributed by atoms with Gasteiger partial charge >= 0.3 is 5.69 Å². The van der Waals surface area contributed by atoms with Crippen molar-refractivity contribution in [3.63, 3.8) is 0 Å². The van der Waals surface area contributed by atoms with Crippen LogP contribution in [0.5, 0.6) is 0 Å². The topological polar surface area (TPSA) is 90.2 Å². The van der Waals surface area contributed by atoms with Gasteiger partial charge in [0.2, 0.25) is 10.0 Å². The molecule has 0 aliphatic heterocycles. The van der Waals surface area contributed by atoms with Crippen molar-refractivity contribution in [1.82, 2.24) is 13.9 Å². The summed E-state index contributed by atoms with van der Waals surface area (Å²) in [5.41, 5.74) is -1.42. The number of aromatic nitrogens is 2. The van der Waals surface area contributed by atoms with Crippen LogP contribution >= 0.6 is 0 Å². The maximum atomic E-state index is 14.2. The zero-order valence-corrected chi connectivity index (χ0v) is 16.1. The summed E-state index contributed by atoms with van der Waals surface area (Å²) < 4.78 is 44.9. The number of halogens is 1. The lowest BCUT2D eigenvalue weighted by Gasteiger charge is -2.19. The molecule has 0 radical (unpaired) electrons. The maximum Gasteiger partial charge on any atom is 0.330 e. The molecule has 0 amide bonds. The highest BCUT2D eigenvalue weighted by atomic mass is 32.2. The molecule has 0 spiro atoms. The van der Waals surface area contributed by atoms with Crippen molar-refractivity contribution in [2.75, 3.05) is 0 Å². The Balaban J connectivity index is 1.81. The zero-order valence-electron chi connectivity index (χ0n) is 15.3. The minimum atomic E-state index is -4.02. The molecule has 28 heavy (non-hydrogen) atoms. The van der Waals surface area contributed by atoms with Crippen molar-refractivity contribution >= 4 is 20.9 Å². The number of hydrogen-bond acceptors (Lipinski definition) is 4. The second-order valence-electron chi connectivity index (χ2n) is 7.05. The van der Waals surface area contributed by atoms with E-state index in [0.29, 0.717) is 23.9 Å². The van der Waals surface area contributed by atoms with Crippen LogP contribution in [0.15, 0.2) is 56.9 Å². The van der Waals surface area contributed by atoms with Crippen LogP contribution in [0.3, 0.4) is 0 Å². The van der Waals surface area contributed by atoms with Gasteiger partial charge in [0.15, 0.2) is 0 Å².